The predicted molar refractivity (Wildman–Crippen MR) is 101 cm³/mol. The number of carbonyl (C=O) groups excluding carboxylic acids is 2. The first-order valence-corrected chi connectivity index (χ1v) is 8.65. The van der Waals surface area contributed by atoms with E-state index < -0.39 is 12.0 Å². The summed E-state index contributed by atoms with van der Waals surface area (Å²) in [7, 11) is 0. The Bertz CT molecular complexity index is 799. The van der Waals surface area contributed by atoms with Crippen LogP contribution in [0.15, 0.2) is 36.4 Å². The molecule has 2 amide bonds. The second-order valence-electron chi connectivity index (χ2n) is 4.73. The van der Waals surface area contributed by atoms with Crippen LogP contribution < -0.4 is 15.4 Å². The van der Waals surface area contributed by atoms with Gasteiger partial charge >= 0.3 is 6.09 Å². The van der Waals surface area contributed by atoms with Crippen LogP contribution in [0.3, 0.4) is 0 Å². The molecule has 25 heavy (non-hydrogen) atoms. The van der Waals surface area contributed by atoms with Crippen molar-refractivity contribution in [1.29, 1.82) is 0 Å². The highest BCUT2D eigenvalue weighted by atomic mass is 35.5. The maximum absolute atomic E-state index is 12.5. The Morgan fingerprint density at radius 1 is 1.00 bits per heavy atom. The number of hydrogen-bond acceptors (Lipinski definition) is 3. The van der Waals surface area contributed by atoms with Gasteiger partial charge in [-0.05, 0) is 36.4 Å². The Hall–Kier alpha value is -1.66. The molecule has 0 saturated heterocycles. The first-order valence-electron chi connectivity index (χ1n) is 6.98. The number of benzene rings is 2. The summed E-state index contributed by atoms with van der Waals surface area (Å²) in [5.41, 5.74) is 0.511. The SMILES string of the molecule is O=C(NCCCl)Oc1ccc(Cl)cc1C(=O)Nc1ccc(Cl)c(Cl)c1. The lowest BCUT2D eigenvalue weighted by Gasteiger charge is -2.12. The fourth-order valence-corrected chi connectivity index (χ4v) is 2.39. The molecule has 2 aromatic carbocycles. The lowest BCUT2D eigenvalue weighted by Crippen LogP contribution is -2.29. The number of alkyl halides is 1. The molecule has 0 aliphatic rings. The molecule has 0 atom stereocenters. The number of rotatable bonds is 5. The molecule has 5 nitrogen and oxygen atoms in total. The Labute approximate surface area is 164 Å². The number of anilines is 1. The highest BCUT2D eigenvalue weighted by Gasteiger charge is 2.17. The van der Waals surface area contributed by atoms with Gasteiger partial charge in [0.25, 0.3) is 5.91 Å². The molecular weight excluding hydrogens is 410 g/mol. The number of nitrogens with one attached hydrogen (secondary N) is 2. The molecule has 0 bridgehead atoms. The van der Waals surface area contributed by atoms with Gasteiger partial charge in [-0.2, -0.15) is 0 Å². The molecule has 0 heterocycles. The van der Waals surface area contributed by atoms with Crippen molar-refractivity contribution in [3.05, 3.63) is 57.0 Å². The van der Waals surface area contributed by atoms with Crippen LogP contribution in [0.25, 0.3) is 0 Å². The van der Waals surface area contributed by atoms with Gasteiger partial charge in [0.1, 0.15) is 5.75 Å². The van der Waals surface area contributed by atoms with E-state index in [0.717, 1.165) is 0 Å². The monoisotopic (exact) mass is 420 g/mol. The van der Waals surface area contributed by atoms with Crippen molar-refractivity contribution in [1.82, 2.24) is 5.32 Å². The van der Waals surface area contributed by atoms with Crippen LogP contribution in [0.2, 0.25) is 15.1 Å². The normalized spacial score (nSPS) is 10.2. The van der Waals surface area contributed by atoms with Gasteiger partial charge < -0.3 is 15.4 Å². The van der Waals surface area contributed by atoms with Gasteiger partial charge in [-0.25, -0.2) is 4.79 Å². The van der Waals surface area contributed by atoms with Gasteiger partial charge in [-0.1, -0.05) is 34.8 Å². The first-order chi connectivity index (χ1) is 11.9. The number of carbonyl (C=O) groups is 2. The van der Waals surface area contributed by atoms with Crippen LogP contribution >= 0.6 is 46.4 Å². The summed E-state index contributed by atoms with van der Waals surface area (Å²) in [5, 5.41) is 6.04. The Morgan fingerprint density at radius 3 is 2.44 bits per heavy atom. The smallest absolute Gasteiger partial charge is 0.409 e. The highest BCUT2D eigenvalue weighted by Crippen LogP contribution is 2.27. The van der Waals surface area contributed by atoms with E-state index in [2.05, 4.69) is 10.6 Å². The average molecular weight is 422 g/mol. The zero-order valence-electron chi connectivity index (χ0n) is 12.6. The summed E-state index contributed by atoms with van der Waals surface area (Å²) >= 11 is 23.2. The van der Waals surface area contributed by atoms with Crippen molar-refractivity contribution >= 4 is 64.1 Å². The minimum absolute atomic E-state index is 0.0500. The van der Waals surface area contributed by atoms with E-state index >= 15 is 0 Å². The fourth-order valence-electron chi connectivity index (χ4n) is 1.83. The molecule has 132 valence electrons. The van der Waals surface area contributed by atoms with E-state index in [0.29, 0.717) is 20.8 Å². The Balaban J connectivity index is 2.21. The molecule has 0 unspecified atom stereocenters. The summed E-state index contributed by atoms with van der Waals surface area (Å²) in [5.74, 6) is -0.240. The van der Waals surface area contributed by atoms with Crippen molar-refractivity contribution in [3.63, 3.8) is 0 Å². The molecular formula is C16H12Cl4N2O3. The largest absolute Gasteiger partial charge is 0.412 e. The molecule has 0 aliphatic carbocycles. The molecule has 2 rings (SSSR count). The molecule has 0 spiro atoms. The van der Waals surface area contributed by atoms with Crippen LogP contribution in [0.1, 0.15) is 10.4 Å². The maximum atomic E-state index is 12.5. The molecule has 2 aromatic rings. The third-order valence-electron chi connectivity index (χ3n) is 2.93. The third kappa shape index (κ3) is 5.68. The van der Waals surface area contributed by atoms with Crippen LogP contribution in [0.4, 0.5) is 10.5 Å². The number of hydrogen-bond donors (Lipinski definition) is 2. The summed E-state index contributed by atoms with van der Waals surface area (Å²) in [4.78, 5) is 24.2. The summed E-state index contributed by atoms with van der Waals surface area (Å²) in [6.07, 6.45) is -0.730. The van der Waals surface area contributed by atoms with Gasteiger partial charge in [0.2, 0.25) is 0 Å². The van der Waals surface area contributed by atoms with E-state index in [1.54, 1.807) is 12.1 Å². The van der Waals surface area contributed by atoms with E-state index in [1.165, 1.54) is 24.3 Å². The molecule has 0 fully saturated rings. The molecule has 2 N–H and O–H groups in total. The predicted octanol–water partition coefficient (Wildman–Crippen LogP) is 5.23. The molecule has 0 radical (unpaired) electrons. The topological polar surface area (TPSA) is 67.4 Å². The molecule has 0 aliphatic heterocycles. The van der Waals surface area contributed by atoms with Crippen LogP contribution in [0.5, 0.6) is 5.75 Å². The summed E-state index contributed by atoms with van der Waals surface area (Å²) in [6.45, 7) is 0.235. The van der Waals surface area contributed by atoms with E-state index in [-0.39, 0.29) is 23.7 Å². The highest BCUT2D eigenvalue weighted by molar-refractivity contribution is 6.42. The molecule has 9 heteroatoms. The average Bonchev–Trinajstić information content (AvgIpc) is 2.58. The Morgan fingerprint density at radius 2 is 1.76 bits per heavy atom. The number of amides is 2. The van der Waals surface area contributed by atoms with Gasteiger partial charge in [-0.3, -0.25) is 4.79 Å². The summed E-state index contributed by atoms with van der Waals surface area (Å²) in [6, 6.07) is 8.95. The zero-order valence-corrected chi connectivity index (χ0v) is 15.6. The zero-order chi connectivity index (χ0) is 18.4. The minimum Gasteiger partial charge on any atom is -0.409 e. The maximum Gasteiger partial charge on any atom is 0.412 e. The second kappa shape index (κ2) is 9.15. The van der Waals surface area contributed by atoms with Crippen molar-refractivity contribution in [2.75, 3.05) is 17.7 Å². The van der Waals surface area contributed by atoms with Crippen LogP contribution in [-0.4, -0.2) is 24.4 Å². The lowest BCUT2D eigenvalue weighted by atomic mass is 10.2. The molecule has 0 aromatic heterocycles. The van der Waals surface area contributed by atoms with E-state index in [1.807, 2.05) is 0 Å². The quantitative estimate of drug-likeness (QED) is 0.649. The first kappa shape index (κ1) is 19.7. The van der Waals surface area contributed by atoms with Crippen molar-refractivity contribution in [2.24, 2.45) is 0 Å². The lowest BCUT2D eigenvalue weighted by molar-refractivity contribution is 0.102. The summed E-state index contributed by atoms with van der Waals surface area (Å²) < 4.78 is 5.13. The fraction of sp³-hybridized carbons (Fsp3) is 0.125. The Kier molecular flexibility index (Phi) is 7.20. The van der Waals surface area contributed by atoms with E-state index in [4.69, 9.17) is 51.1 Å². The van der Waals surface area contributed by atoms with Gasteiger partial charge in [0.05, 0.1) is 15.6 Å². The third-order valence-corrected chi connectivity index (χ3v) is 4.09. The van der Waals surface area contributed by atoms with Crippen LogP contribution in [-0.2, 0) is 0 Å². The number of halogens is 4. The second-order valence-corrected chi connectivity index (χ2v) is 6.36. The van der Waals surface area contributed by atoms with Gasteiger partial charge in [0.15, 0.2) is 0 Å². The minimum atomic E-state index is -0.730. The van der Waals surface area contributed by atoms with E-state index in [9.17, 15) is 9.59 Å². The molecule has 0 saturated carbocycles. The van der Waals surface area contributed by atoms with Crippen molar-refractivity contribution in [3.8, 4) is 5.75 Å². The number of ether oxygens (including phenoxy) is 1. The van der Waals surface area contributed by atoms with Crippen LogP contribution in [0, 0.1) is 0 Å². The standard InChI is InChI=1S/C16H12Cl4N2O3/c17-5-6-21-16(24)25-14-4-1-9(18)7-11(14)15(23)22-10-2-3-12(19)13(20)8-10/h1-4,7-8H,5-6H2,(H,21,24)(H,22,23). The van der Waals surface area contributed by atoms with Gasteiger partial charge in [0, 0.05) is 23.1 Å². The van der Waals surface area contributed by atoms with Gasteiger partial charge in [-0.15, -0.1) is 11.6 Å². The van der Waals surface area contributed by atoms with Crippen molar-refractivity contribution < 1.29 is 14.3 Å². The van der Waals surface area contributed by atoms with Crippen molar-refractivity contribution in [2.45, 2.75) is 0 Å².